The number of hydrogen-bond donors (Lipinski definition) is 1. The van der Waals surface area contributed by atoms with Crippen LogP contribution in [-0.2, 0) is 11.0 Å². The largest absolute Gasteiger partial charge is 0.416 e. The van der Waals surface area contributed by atoms with Crippen LogP contribution in [-0.4, -0.2) is 37.6 Å². The lowest BCUT2D eigenvalue weighted by Gasteiger charge is -2.10. The maximum absolute atomic E-state index is 12.6. The zero-order chi connectivity index (χ0) is 24.8. The lowest BCUT2D eigenvalue weighted by molar-refractivity contribution is -0.137. The number of benzene rings is 2. The molecule has 1 amide bonds. The number of alkyl halides is 3. The molecule has 0 bridgehead atoms. The molecule has 2 aromatic heterocycles. The van der Waals surface area contributed by atoms with Gasteiger partial charge in [0.1, 0.15) is 0 Å². The Morgan fingerprint density at radius 3 is 2.37 bits per heavy atom. The van der Waals surface area contributed by atoms with Gasteiger partial charge in [-0.05, 0) is 54.1 Å². The van der Waals surface area contributed by atoms with Gasteiger partial charge in [-0.3, -0.25) is 14.3 Å². The highest BCUT2D eigenvalue weighted by Gasteiger charge is 2.29. The van der Waals surface area contributed by atoms with Crippen molar-refractivity contribution in [2.45, 2.75) is 11.3 Å². The molecule has 12 heteroatoms. The van der Waals surface area contributed by atoms with E-state index in [0.29, 0.717) is 16.5 Å². The maximum atomic E-state index is 12.6. The zero-order valence-electron chi connectivity index (χ0n) is 17.8. The molecule has 0 fully saturated rings. The maximum Gasteiger partial charge on any atom is 0.416 e. The number of carbonyl (C=O) groups excluding carboxylic acids is 1. The molecule has 0 spiro atoms. The molecule has 0 aliphatic carbocycles. The number of carbonyl (C=O) groups is 1. The SMILES string of the molecule is O=C(CSc1nnc(-c2ccncc2)n1-c1ccc(Br)cc1)N/N=C/c1ccc(C(F)(F)F)cc1. The Bertz CT molecular complexity index is 1330. The fraction of sp³-hybridized carbons (Fsp3) is 0.0870. The van der Waals surface area contributed by atoms with Gasteiger partial charge in [0.25, 0.3) is 5.91 Å². The number of hydrazone groups is 1. The third-order valence-corrected chi connectivity index (χ3v) is 6.09. The van der Waals surface area contributed by atoms with E-state index in [9.17, 15) is 18.0 Å². The topological polar surface area (TPSA) is 85.1 Å². The minimum Gasteiger partial charge on any atom is -0.272 e. The molecule has 4 rings (SSSR count). The fourth-order valence-corrected chi connectivity index (χ4v) is 3.98. The lowest BCUT2D eigenvalue weighted by Crippen LogP contribution is -2.20. The van der Waals surface area contributed by atoms with Crippen LogP contribution < -0.4 is 5.43 Å². The molecule has 35 heavy (non-hydrogen) atoms. The van der Waals surface area contributed by atoms with Gasteiger partial charge in [0.05, 0.1) is 17.5 Å². The van der Waals surface area contributed by atoms with Gasteiger partial charge in [-0.2, -0.15) is 18.3 Å². The molecule has 0 aliphatic rings. The Kier molecular flexibility index (Phi) is 7.61. The summed E-state index contributed by atoms with van der Waals surface area (Å²) in [5, 5.41) is 12.9. The van der Waals surface area contributed by atoms with E-state index < -0.39 is 17.6 Å². The molecule has 0 aliphatic heterocycles. The Balaban J connectivity index is 1.44. The first-order valence-corrected chi connectivity index (χ1v) is 11.8. The van der Waals surface area contributed by atoms with Crippen LogP contribution in [0.25, 0.3) is 17.1 Å². The normalized spacial score (nSPS) is 11.7. The van der Waals surface area contributed by atoms with Crippen molar-refractivity contribution < 1.29 is 18.0 Å². The first kappa shape index (κ1) is 24.6. The third-order valence-electron chi connectivity index (χ3n) is 4.63. The van der Waals surface area contributed by atoms with Crippen LogP contribution >= 0.6 is 27.7 Å². The Labute approximate surface area is 210 Å². The number of nitrogens with one attached hydrogen (secondary N) is 1. The molecule has 4 aromatic rings. The average molecular weight is 561 g/mol. The van der Waals surface area contributed by atoms with Crippen molar-refractivity contribution in [2.75, 3.05) is 5.75 Å². The summed E-state index contributed by atoms with van der Waals surface area (Å²) in [6.07, 6.45) is 0.180. The number of hydrogen-bond acceptors (Lipinski definition) is 6. The number of nitrogens with zero attached hydrogens (tertiary/aromatic N) is 5. The highest BCUT2D eigenvalue weighted by Crippen LogP contribution is 2.29. The first-order chi connectivity index (χ1) is 16.8. The van der Waals surface area contributed by atoms with Crippen LogP contribution in [0.4, 0.5) is 13.2 Å². The van der Waals surface area contributed by atoms with Gasteiger partial charge >= 0.3 is 6.18 Å². The number of thioether (sulfide) groups is 1. The molecular weight excluding hydrogens is 545 g/mol. The van der Waals surface area contributed by atoms with Crippen molar-refractivity contribution in [1.82, 2.24) is 25.2 Å². The van der Waals surface area contributed by atoms with Crippen molar-refractivity contribution in [3.05, 3.63) is 88.7 Å². The number of rotatable bonds is 7. The smallest absolute Gasteiger partial charge is 0.272 e. The molecule has 0 unspecified atom stereocenters. The van der Waals surface area contributed by atoms with Gasteiger partial charge < -0.3 is 0 Å². The summed E-state index contributed by atoms with van der Waals surface area (Å²) < 4.78 is 40.7. The van der Waals surface area contributed by atoms with Crippen molar-refractivity contribution in [1.29, 1.82) is 0 Å². The van der Waals surface area contributed by atoms with Gasteiger partial charge in [0.15, 0.2) is 11.0 Å². The molecule has 7 nitrogen and oxygen atoms in total. The lowest BCUT2D eigenvalue weighted by atomic mass is 10.1. The second-order valence-corrected chi connectivity index (χ2v) is 8.91. The van der Waals surface area contributed by atoms with Crippen molar-refractivity contribution >= 4 is 39.8 Å². The molecule has 1 N–H and O–H groups in total. The molecule has 0 radical (unpaired) electrons. The monoisotopic (exact) mass is 560 g/mol. The van der Waals surface area contributed by atoms with Gasteiger partial charge in [-0.1, -0.05) is 39.8 Å². The molecule has 0 saturated heterocycles. The predicted molar refractivity (Wildman–Crippen MR) is 130 cm³/mol. The number of halogens is 4. The standard InChI is InChI=1S/C23H16BrF3N6OS/c24-18-5-7-19(8-6-18)33-21(16-9-11-28-12-10-16)31-32-22(33)35-14-20(34)30-29-13-15-1-3-17(4-2-15)23(25,26)27/h1-13H,14H2,(H,30,34)/b29-13+. The highest BCUT2D eigenvalue weighted by atomic mass is 79.9. The van der Waals surface area contributed by atoms with E-state index >= 15 is 0 Å². The Hall–Kier alpha value is -3.51. The van der Waals surface area contributed by atoms with Crippen molar-refractivity contribution in [3.63, 3.8) is 0 Å². The zero-order valence-corrected chi connectivity index (χ0v) is 20.2. The average Bonchev–Trinajstić information content (AvgIpc) is 3.27. The van der Waals surface area contributed by atoms with Gasteiger partial charge in [0, 0.05) is 28.1 Å². The van der Waals surface area contributed by atoms with Crippen LogP contribution in [0.5, 0.6) is 0 Å². The van der Waals surface area contributed by atoms with Crippen molar-refractivity contribution in [2.24, 2.45) is 5.10 Å². The Morgan fingerprint density at radius 2 is 1.71 bits per heavy atom. The van der Waals surface area contributed by atoms with Crippen LogP contribution in [0.2, 0.25) is 0 Å². The van der Waals surface area contributed by atoms with Crippen LogP contribution in [0.15, 0.2) is 87.8 Å². The van der Waals surface area contributed by atoms with Crippen LogP contribution in [0.1, 0.15) is 11.1 Å². The van der Waals surface area contributed by atoms with Gasteiger partial charge in [-0.25, -0.2) is 5.43 Å². The van der Waals surface area contributed by atoms with Gasteiger partial charge in [-0.15, -0.1) is 10.2 Å². The van der Waals surface area contributed by atoms with Crippen LogP contribution in [0, 0.1) is 0 Å². The van der Waals surface area contributed by atoms with E-state index in [1.54, 1.807) is 12.4 Å². The summed E-state index contributed by atoms with van der Waals surface area (Å²) in [4.78, 5) is 16.3. The molecule has 0 atom stereocenters. The molecule has 0 saturated carbocycles. The molecule has 2 heterocycles. The van der Waals surface area contributed by atoms with Gasteiger partial charge in [0.2, 0.25) is 0 Å². The summed E-state index contributed by atoms with van der Waals surface area (Å²) in [6, 6.07) is 15.7. The number of pyridine rings is 1. The minimum atomic E-state index is -4.41. The van der Waals surface area contributed by atoms with Crippen LogP contribution in [0.3, 0.4) is 0 Å². The van der Waals surface area contributed by atoms with E-state index in [0.717, 1.165) is 27.9 Å². The van der Waals surface area contributed by atoms with E-state index in [2.05, 4.69) is 41.6 Å². The van der Waals surface area contributed by atoms with E-state index in [1.165, 1.54) is 30.1 Å². The summed E-state index contributed by atoms with van der Waals surface area (Å²) >= 11 is 4.59. The summed E-state index contributed by atoms with van der Waals surface area (Å²) in [7, 11) is 0. The van der Waals surface area contributed by atoms with E-state index in [1.807, 2.05) is 41.0 Å². The molecule has 178 valence electrons. The highest BCUT2D eigenvalue weighted by molar-refractivity contribution is 9.10. The second-order valence-electron chi connectivity index (χ2n) is 7.06. The summed E-state index contributed by atoms with van der Waals surface area (Å²) in [6.45, 7) is 0. The van der Waals surface area contributed by atoms with E-state index in [-0.39, 0.29) is 5.75 Å². The molecular formula is C23H16BrF3N6OS. The number of amides is 1. The first-order valence-electron chi connectivity index (χ1n) is 10.0. The second kappa shape index (κ2) is 10.8. The summed E-state index contributed by atoms with van der Waals surface area (Å²) in [5.41, 5.74) is 3.66. The third kappa shape index (κ3) is 6.34. The quantitative estimate of drug-likeness (QED) is 0.187. The fourth-order valence-electron chi connectivity index (χ4n) is 2.97. The number of aromatic nitrogens is 4. The molecule has 2 aromatic carbocycles. The Morgan fingerprint density at radius 1 is 1.03 bits per heavy atom. The minimum absolute atomic E-state index is 0.00461. The van der Waals surface area contributed by atoms with E-state index in [4.69, 9.17) is 0 Å². The van der Waals surface area contributed by atoms with Crippen molar-refractivity contribution in [3.8, 4) is 17.1 Å². The summed E-state index contributed by atoms with van der Waals surface area (Å²) in [5.74, 6) is 0.182. The predicted octanol–water partition coefficient (Wildman–Crippen LogP) is 5.35.